The Morgan fingerprint density at radius 3 is 3.25 bits per heavy atom. The van der Waals surface area contributed by atoms with E-state index in [0.717, 1.165) is 12.0 Å². The normalized spacial score (nSPS) is 21.3. The van der Waals surface area contributed by atoms with E-state index in [0.29, 0.717) is 17.6 Å². The highest BCUT2D eigenvalue weighted by molar-refractivity contribution is 6.29. The second-order valence-corrected chi connectivity index (χ2v) is 3.16. The second kappa shape index (κ2) is 2.92. The molecule has 2 N–H and O–H groups in total. The van der Waals surface area contributed by atoms with Crippen molar-refractivity contribution < 1.29 is 4.74 Å². The highest BCUT2D eigenvalue weighted by Gasteiger charge is 2.18. The van der Waals surface area contributed by atoms with Gasteiger partial charge in [-0.25, -0.2) is 4.98 Å². The molecule has 4 heteroatoms. The Bertz CT molecular complexity index is 303. The van der Waals surface area contributed by atoms with Crippen LogP contribution in [0.3, 0.4) is 0 Å². The molecule has 1 unspecified atom stereocenters. The van der Waals surface area contributed by atoms with Crippen LogP contribution in [0.2, 0.25) is 5.15 Å². The summed E-state index contributed by atoms with van der Waals surface area (Å²) in [7, 11) is 0. The van der Waals surface area contributed by atoms with E-state index in [-0.39, 0.29) is 6.04 Å². The summed E-state index contributed by atoms with van der Waals surface area (Å²) in [5, 5.41) is 0.447. The van der Waals surface area contributed by atoms with Crippen LogP contribution < -0.4 is 10.5 Å². The van der Waals surface area contributed by atoms with E-state index >= 15 is 0 Å². The van der Waals surface area contributed by atoms with Gasteiger partial charge in [0.25, 0.3) is 0 Å². The number of fused-ring (bicyclic) bond motifs is 1. The van der Waals surface area contributed by atoms with Crippen LogP contribution in [0.15, 0.2) is 12.1 Å². The molecule has 0 saturated heterocycles. The van der Waals surface area contributed by atoms with Gasteiger partial charge in [0.15, 0.2) is 0 Å². The van der Waals surface area contributed by atoms with E-state index in [4.69, 9.17) is 22.1 Å². The van der Waals surface area contributed by atoms with Crippen molar-refractivity contribution in [1.82, 2.24) is 4.98 Å². The first-order valence-electron chi connectivity index (χ1n) is 3.82. The lowest BCUT2D eigenvalue weighted by Crippen LogP contribution is -2.21. The van der Waals surface area contributed by atoms with Crippen molar-refractivity contribution in [3.8, 4) is 5.88 Å². The van der Waals surface area contributed by atoms with Gasteiger partial charge >= 0.3 is 0 Å². The molecule has 1 aliphatic heterocycles. The van der Waals surface area contributed by atoms with Crippen molar-refractivity contribution in [2.75, 3.05) is 6.61 Å². The fourth-order valence-corrected chi connectivity index (χ4v) is 1.40. The molecule has 0 spiro atoms. The maximum Gasteiger partial charge on any atom is 0.219 e. The minimum atomic E-state index is 0.0403. The first-order valence-corrected chi connectivity index (χ1v) is 4.20. The van der Waals surface area contributed by atoms with E-state index in [1.54, 1.807) is 6.07 Å². The molecule has 1 aromatic rings. The van der Waals surface area contributed by atoms with Crippen molar-refractivity contribution >= 4 is 11.6 Å². The van der Waals surface area contributed by atoms with Crippen LogP contribution in [-0.2, 0) is 0 Å². The van der Waals surface area contributed by atoms with Gasteiger partial charge in [-0.15, -0.1) is 0 Å². The minimum Gasteiger partial charge on any atom is -0.477 e. The number of rotatable bonds is 0. The molecule has 1 aromatic heterocycles. The number of nitrogens with two attached hydrogens (primary N) is 1. The van der Waals surface area contributed by atoms with Crippen molar-refractivity contribution in [2.24, 2.45) is 5.73 Å². The molecular weight excluding hydrogens is 176 g/mol. The number of pyridine rings is 1. The van der Waals surface area contributed by atoms with Gasteiger partial charge in [0.05, 0.1) is 6.61 Å². The molecule has 0 amide bonds. The van der Waals surface area contributed by atoms with Crippen molar-refractivity contribution in [3.63, 3.8) is 0 Å². The zero-order valence-electron chi connectivity index (χ0n) is 6.46. The van der Waals surface area contributed by atoms with E-state index in [9.17, 15) is 0 Å². The topological polar surface area (TPSA) is 48.1 Å². The first-order chi connectivity index (χ1) is 5.77. The molecule has 0 radical (unpaired) electrons. The minimum absolute atomic E-state index is 0.0403. The monoisotopic (exact) mass is 184 g/mol. The summed E-state index contributed by atoms with van der Waals surface area (Å²) in [5.41, 5.74) is 6.78. The van der Waals surface area contributed by atoms with E-state index in [2.05, 4.69) is 4.98 Å². The standard InChI is InChI=1S/C8H9ClN2O/c9-7-2-1-5-6(10)3-4-12-8(5)11-7/h1-2,6H,3-4,10H2. The number of hydrogen-bond acceptors (Lipinski definition) is 3. The van der Waals surface area contributed by atoms with Gasteiger partial charge in [-0.3, -0.25) is 0 Å². The zero-order chi connectivity index (χ0) is 8.55. The zero-order valence-corrected chi connectivity index (χ0v) is 7.21. The molecule has 0 bridgehead atoms. The molecule has 12 heavy (non-hydrogen) atoms. The summed E-state index contributed by atoms with van der Waals surface area (Å²) in [4.78, 5) is 4.03. The number of hydrogen-bond donors (Lipinski definition) is 1. The van der Waals surface area contributed by atoms with Gasteiger partial charge in [-0.05, 0) is 12.1 Å². The Balaban J connectivity index is 2.46. The fraction of sp³-hybridized carbons (Fsp3) is 0.375. The summed E-state index contributed by atoms with van der Waals surface area (Å²) >= 11 is 5.69. The number of nitrogens with zero attached hydrogens (tertiary/aromatic N) is 1. The maximum absolute atomic E-state index is 5.83. The molecule has 64 valence electrons. The molecule has 1 aliphatic rings. The second-order valence-electron chi connectivity index (χ2n) is 2.77. The molecule has 1 atom stereocenters. The quantitative estimate of drug-likeness (QED) is 0.622. The smallest absolute Gasteiger partial charge is 0.219 e. The fourth-order valence-electron chi connectivity index (χ4n) is 1.26. The predicted octanol–water partition coefficient (Wildman–Crippen LogP) is 1.52. The molecule has 0 aromatic carbocycles. The van der Waals surface area contributed by atoms with Crippen molar-refractivity contribution in [2.45, 2.75) is 12.5 Å². The molecule has 2 rings (SSSR count). The maximum atomic E-state index is 5.83. The highest BCUT2D eigenvalue weighted by Crippen LogP contribution is 2.29. The third-order valence-electron chi connectivity index (χ3n) is 1.92. The van der Waals surface area contributed by atoms with Gasteiger partial charge in [0.1, 0.15) is 5.15 Å². The Morgan fingerprint density at radius 2 is 2.42 bits per heavy atom. The summed E-state index contributed by atoms with van der Waals surface area (Å²) < 4.78 is 5.30. The Kier molecular flexibility index (Phi) is 1.90. The third kappa shape index (κ3) is 1.26. The van der Waals surface area contributed by atoms with E-state index in [1.165, 1.54) is 0 Å². The summed E-state index contributed by atoms with van der Waals surface area (Å²) in [6.07, 6.45) is 0.844. The lowest BCUT2D eigenvalue weighted by Gasteiger charge is -2.21. The van der Waals surface area contributed by atoms with E-state index in [1.807, 2.05) is 6.07 Å². The summed E-state index contributed by atoms with van der Waals surface area (Å²) in [5.74, 6) is 0.584. The van der Waals surface area contributed by atoms with Gasteiger partial charge in [-0.2, -0.15) is 0 Å². The number of ether oxygens (including phenoxy) is 1. The third-order valence-corrected chi connectivity index (χ3v) is 2.13. The van der Waals surface area contributed by atoms with Crippen molar-refractivity contribution in [3.05, 3.63) is 22.8 Å². The van der Waals surface area contributed by atoms with Crippen LogP contribution >= 0.6 is 11.6 Å². The highest BCUT2D eigenvalue weighted by atomic mass is 35.5. The largest absolute Gasteiger partial charge is 0.477 e. The summed E-state index contributed by atoms with van der Waals surface area (Å²) in [6, 6.07) is 3.64. The molecule has 0 aliphatic carbocycles. The Labute approximate surface area is 75.5 Å². The molecule has 0 fully saturated rings. The lowest BCUT2D eigenvalue weighted by atomic mass is 10.1. The van der Waals surface area contributed by atoms with Gasteiger partial charge in [-0.1, -0.05) is 11.6 Å². The van der Waals surface area contributed by atoms with Gasteiger partial charge in [0.2, 0.25) is 5.88 Å². The first kappa shape index (κ1) is 7.83. The molecular formula is C8H9ClN2O. The van der Waals surface area contributed by atoms with Crippen LogP contribution in [-0.4, -0.2) is 11.6 Å². The Morgan fingerprint density at radius 1 is 1.58 bits per heavy atom. The van der Waals surface area contributed by atoms with Crippen LogP contribution in [0.5, 0.6) is 5.88 Å². The van der Waals surface area contributed by atoms with Gasteiger partial charge < -0.3 is 10.5 Å². The summed E-state index contributed by atoms with van der Waals surface area (Å²) in [6.45, 7) is 0.626. The van der Waals surface area contributed by atoms with Crippen LogP contribution in [0.1, 0.15) is 18.0 Å². The average Bonchev–Trinajstić information content (AvgIpc) is 2.04. The molecule has 3 nitrogen and oxygen atoms in total. The van der Waals surface area contributed by atoms with Crippen LogP contribution in [0.4, 0.5) is 0 Å². The van der Waals surface area contributed by atoms with E-state index < -0.39 is 0 Å². The van der Waals surface area contributed by atoms with Crippen LogP contribution in [0.25, 0.3) is 0 Å². The predicted molar refractivity (Wildman–Crippen MR) is 46.3 cm³/mol. The molecule has 2 heterocycles. The number of halogens is 1. The van der Waals surface area contributed by atoms with Gasteiger partial charge in [0, 0.05) is 18.0 Å². The lowest BCUT2D eigenvalue weighted by molar-refractivity contribution is 0.258. The van der Waals surface area contributed by atoms with Crippen molar-refractivity contribution in [1.29, 1.82) is 0 Å². The average molecular weight is 185 g/mol. The Hall–Kier alpha value is -0.800. The molecule has 0 saturated carbocycles. The van der Waals surface area contributed by atoms with Crippen LogP contribution in [0, 0.1) is 0 Å². The SMILES string of the molecule is NC1CCOc2nc(Cl)ccc21. The number of aromatic nitrogens is 1.